The van der Waals surface area contributed by atoms with Crippen molar-refractivity contribution < 1.29 is 45.9 Å². The van der Waals surface area contributed by atoms with Crippen LogP contribution in [0.3, 0.4) is 0 Å². The largest absolute Gasteiger partial charge is 4.00 e. The molecule has 0 spiro atoms. The number of allylic oxidation sites excluding steroid dienone is 2. The topological polar surface area (TPSA) is 90.5 Å². The van der Waals surface area contributed by atoms with E-state index in [-0.39, 0.29) is 66.8 Å². The van der Waals surface area contributed by atoms with Gasteiger partial charge in [0.05, 0.1) is 6.04 Å². The van der Waals surface area contributed by atoms with E-state index < -0.39 is 0 Å². The number of nitrogens with one attached hydrogen (secondary N) is 1. The Kier molecular flexibility index (Phi) is 18.5. The number of halogens is 2. The number of para-hydroxylation sites is 1. The number of nitrogens with two attached hydrogens (primary N) is 1. The Morgan fingerprint density at radius 1 is 1.13 bits per heavy atom. The van der Waals surface area contributed by atoms with E-state index in [4.69, 9.17) is 15.8 Å². The zero-order chi connectivity index (χ0) is 13.0. The molecule has 0 saturated carbocycles. The number of benzene rings is 1. The first-order valence-corrected chi connectivity index (χ1v) is 5.43. The minimum absolute atomic E-state index is 0. The van der Waals surface area contributed by atoms with Crippen molar-refractivity contribution in [3.05, 3.63) is 84.7 Å². The van der Waals surface area contributed by atoms with Gasteiger partial charge in [0.2, 0.25) is 0 Å². The predicted octanol–water partition coefficient (Wildman–Crippen LogP) is -2.57. The molecule has 1 aromatic carbocycles. The van der Waals surface area contributed by atoms with Crippen LogP contribution in [0.2, 0.25) is 0 Å². The molecule has 8 heteroatoms. The summed E-state index contributed by atoms with van der Waals surface area (Å²) in [6.45, 7) is 0. The zero-order valence-corrected chi connectivity index (χ0v) is 16.4. The van der Waals surface area contributed by atoms with Crippen molar-refractivity contribution in [2.24, 2.45) is 11.1 Å². The molecule has 23 heavy (non-hydrogen) atoms. The smallest absolute Gasteiger partial charge is 1.00 e. The van der Waals surface area contributed by atoms with Crippen molar-refractivity contribution in [3.63, 3.8) is 0 Å². The first-order chi connectivity index (χ1) is 8.77. The van der Waals surface area contributed by atoms with Crippen LogP contribution >= 0.6 is 0 Å². The first kappa shape index (κ1) is 29.7. The molecule has 1 heterocycles. The standard InChI is InChI=1S/C13H12N2.2CH3.2ClH.HNO2.Pt/c14-13-9-5-1-3-7-11(9)15-12-8-4-2-6-10(12)13;;;;;2-1-3;/h1-8,11,15H,14H2;2*1H3;2*1H;(H,2,3);/q;2*-1;;;;+4/p-3. The molecule has 0 saturated heterocycles. The van der Waals surface area contributed by atoms with Gasteiger partial charge in [-0.05, 0) is 6.07 Å². The Morgan fingerprint density at radius 2 is 1.70 bits per heavy atom. The molecule has 0 bridgehead atoms. The average Bonchev–Trinajstić information content (AvgIpc) is 2.40. The Balaban J connectivity index is -0.000000211. The number of nitrogens with zero attached hydrogens (tertiary/aromatic N) is 1. The first-order valence-electron chi connectivity index (χ1n) is 5.43. The van der Waals surface area contributed by atoms with Gasteiger partial charge in [-0.1, -0.05) is 42.5 Å². The molecular formula is C15H18Cl2N3O2Pt-. The van der Waals surface area contributed by atoms with Gasteiger partial charge >= 0.3 is 21.1 Å². The third kappa shape index (κ3) is 6.77. The van der Waals surface area contributed by atoms with Crippen LogP contribution in [0.25, 0.3) is 5.70 Å². The van der Waals surface area contributed by atoms with Crippen molar-refractivity contribution in [1.29, 1.82) is 0 Å². The second kappa shape index (κ2) is 14.3. The Labute approximate surface area is 164 Å². The maximum atomic E-state index is 8.00. The molecule has 1 unspecified atom stereocenters. The summed E-state index contributed by atoms with van der Waals surface area (Å²) in [5, 5.41) is 12.5. The molecule has 0 amide bonds. The van der Waals surface area contributed by atoms with Gasteiger partial charge in [-0.3, -0.25) is 0 Å². The average molecular weight is 538 g/mol. The van der Waals surface area contributed by atoms with Crippen LogP contribution < -0.4 is 35.9 Å². The Bertz CT molecular complexity index is 563. The summed E-state index contributed by atoms with van der Waals surface area (Å²) in [4.78, 5) is 8.00. The van der Waals surface area contributed by atoms with E-state index in [2.05, 4.69) is 23.5 Å². The van der Waals surface area contributed by atoms with Gasteiger partial charge < -0.3 is 60.8 Å². The minimum Gasteiger partial charge on any atom is -1.00 e. The summed E-state index contributed by atoms with van der Waals surface area (Å²) in [6.07, 6.45) is 8.26. The fourth-order valence-electron chi connectivity index (χ4n) is 2.09. The molecule has 0 radical (unpaired) electrons. The maximum Gasteiger partial charge on any atom is 4.00 e. The molecule has 0 aromatic heterocycles. The van der Waals surface area contributed by atoms with E-state index in [0.29, 0.717) is 0 Å². The minimum atomic E-state index is 0. The summed E-state index contributed by atoms with van der Waals surface area (Å²) in [5.41, 5.74) is 10.4. The molecule has 1 atom stereocenters. The molecule has 3 N–H and O–H groups in total. The van der Waals surface area contributed by atoms with Crippen molar-refractivity contribution >= 4 is 11.4 Å². The van der Waals surface area contributed by atoms with Crippen LogP contribution in [-0.2, 0) is 21.1 Å². The SMILES string of the molecule is NC1=C2C=CC=CC2Nc2ccccc21.O=N[O-].[CH3-].[CH3-].[Cl-].[Cl-].[Pt+4]. The molecule has 3 rings (SSSR count). The van der Waals surface area contributed by atoms with Crippen molar-refractivity contribution in [1.82, 2.24) is 0 Å². The molecule has 2 aliphatic rings. The molecule has 1 aromatic rings. The zero-order valence-electron chi connectivity index (χ0n) is 12.6. The van der Waals surface area contributed by atoms with Gasteiger partial charge in [0.15, 0.2) is 0 Å². The van der Waals surface area contributed by atoms with Gasteiger partial charge in [0.25, 0.3) is 0 Å². The summed E-state index contributed by atoms with van der Waals surface area (Å²) in [7, 11) is 0. The van der Waals surface area contributed by atoms with Gasteiger partial charge in [-0.2, -0.15) is 0 Å². The fraction of sp³-hybridized carbons (Fsp3) is 0.0667. The predicted molar refractivity (Wildman–Crippen MR) is 85.2 cm³/mol. The quantitative estimate of drug-likeness (QED) is 0.216. The van der Waals surface area contributed by atoms with E-state index in [1.165, 1.54) is 0 Å². The monoisotopic (exact) mass is 537 g/mol. The van der Waals surface area contributed by atoms with Crippen molar-refractivity contribution in [3.8, 4) is 0 Å². The van der Waals surface area contributed by atoms with Gasteiger partial charge in [0.1, 0.15) is 0 Å². The van der Waals surface area contributed by atoms with E-state index in [1.54, 1.807) is 0 Å². The molecule has 130 valence electrons. The number of rotatable bonds is 0. The normalized spacial score (nSPS) is 14.9. The van der Waals surface area contributed by atoms with Crippen LogP contribution in [0.1, 0.15) is 5.56 Å². The Morgan fingerprint density at radius 3 is 2.30 bits per heavy atom. The fourth-order valence-corrected chi connectivity index (χ4v) is 2.09. The van der Waals surface area contributed by atoms with Crippen molar-refractivity contribution in [2.45, 2.75) is 6.04 Å². The number of hydrogen-bond acceptors (Lipinski definition) is 5. The van der Waals surface area contributed by atoms with Gasteiger partial charge in [-0.25, -0.2) is 0 Å². The van der Waals surface area contributed by atoms with E-state index in [9.17, 15) is 0 Å². The molecule has 5 nitrogen and oxygen atoms in total. The summed E-state index contributed by atoms with van der Waals surface area (Å²) < 4.78 is 0. The van der Waals surface area contributed by atoms with Gasteiger partial charge in [0, 0.05) is 22.5 Å². The summed E-state index contributed by atoms with van der Waals surface area (Å²) >= 11 is 0. The summed E-state index contributed by atoms with van der Waals surface area (Å²) in [6, 6.07) is 8.37. The maximum absolute atomic E-state index is 8.00. The second-order valence-electron chi connectivity index (χ2n) is 3.86. The third-order valence-electron chi connectivity index (χ3n) is 2.86. The third-order valence-corrected chi connectivity index (χ3v) is 2.86. The Hall–Kier alpha value is -1.29. The second-order valence-corrected chi connectivity index (χ2v) is 3.86. The van der Waals surface area contributed by atoms with Gasteiger partial charge in [-0.15, -0.1) is 5.34 Å². The molecule has 1 aliphatic heterocycles. The van der Waals surface area contributed by atoms with Crippen LogP contribution in [0.5, 0.6) is 0 Å². The van der Waals surface area contributed by atoms with Crippen LogP contribution in [0, 0.1) is 25.0 Å². The molecule has 0 fully saturated rings. The van der Waals surface area contributed by atoms with E-state index >= 15 is 0 Å². The van der Waals surface area contributed by atoms with Crippen LogP contribution in [0.4, 0.5) is 5.69 Å². The van der Waals surface area contributed by atoms with E-state index in [1.807, 2.05) is 30.4 Å². The van der Waals surface area contributed by atoms with E-state index in [0.717, 1.165) is 27.9 Å². The van der Waals surface area contributed by atoms with Crippen molar-refractivity contribution in [2.75, 3.05) is 5.32 Å². The number of fused-ring (bicyclic) bond motifs is 2. The number of anilines is 1. The number of hydrogen-bond donors (Lipinski definition) is 2. The molecular weight excluding hydrogens is 520 g/mol. The van der Waals surface area contributed by atoms with Crippen LogP contribution in [-0.4, -0.2) is 6.04 Å². The summed E-state index contributed by atoms with van der Waals surface area (Å²) in [5.74, 6) is 0. The van der Waals surface area contributed by atoms with Crippen LogP contribution in [0.15, 0.2) is 59.5 Å². The molecule has 1 aliphatic carbocycles.